The number of carbonyl (C=O) groups excluding carboxylic acids is 2. The normalized spacial score (nSPS) is 15.0. The number of imidazole rings is 1. The first kappa shape index (κ1) is 18.2. The van der Waals surface area contributed by atoms with E-state index in [0.717, 1.165) is 36.2 Å². The van der Waals surface area contributed by atoms with Crippen LogP contribution in [0.5, 0.6) is 0 Å². The second-order valence-corrected chi connectivity index (χ2v) is 6.89. The second kappa shape index (κ2) is 7.82. The van der Waals surface area contributed by atoms with Crippen LogP contribution in [0.25, 0.3) is 11.0 Å². The van der Waals surface area contributed by atoms with Crippen molar-refractivity contribution in [2.75, 3.05) is 33.3 Å². The Bertz CT molecular complexity index is 988. The number of hydrogen-bond acceptors (Lipinski definition) is 5. The molecule has 1 fully saturated rings. The number of benzene rings is 2. The first-order valence-corrected chi connectivity index (χ1v) is 9.26. The molecular weight excluding hydrogens is 356 g/mol. The molecule has 2 heterocycles. The van der Waals surface area contributed by atoms with Crippen molar-refractivity contribution in [2.24, 2.45) is 0 Å². The molecule has 1 amide bonds. The van der Waals surface area contributed by atoms with Crippen molar-refractivity contribution in [3.8, 4) is 0 Å². The van der Waals surface area contributed by atoms with Gasteiger partial charge in [0.2, 0.25) is 0 Å². The third kappa shape index (κ3) is 3.75. The molecule has 3 aromatic rings. The third-order valence-corrected chi connectivity index (χ3v) is 5.11. The van der Waals surface area contributed by atoms with Crippen molar-refractivity contribution >= 4 is 22.9 Å². The molecule has 0 saturated carbocycles. The number of nitrogens with one attached hydrogen (secondary N) is 1. The molecule has 7 heteroatoms. The van der Waals surface area contributed by atoms with Gasteiger partial charge in [-0.1, -0.05) is 12.1 Å². The van der Waals surface area contributed by atoms with Gasteiger partial charge in [0, 0.05) is 38.3 Å². The van der Waals surface area contributed by atoms with E-state index in [1.165, 1.54) is 7.11 Å². The standard InChI is InChI=1S/C21H22N4O3/c1-28-21(27)16-4-2-15(3-5-16)13-24-8-10-25(11-9-24)20(26)17-6-7-18-19(12-17)23-14-22-18/h2-7,12,14H,8-11,13H2,1H3,(H,22,23). The van der Waals surface area contributed by atoms with E-state index in [0.29, 0.717) is 24.2 Å². The fraction of sp³-hybridized carbons (Fsp3) is 0.286. The average molecular weight is 378 g/mol. The maximum absolute atomic E-state index is 12.8. The number of esters is 1. The van der Waals surface area contributed by atoms with Crippen LogP contribution in [-0.2, 0) is 11.3 Å². The molecule has 1 aliphatic rings. The zero-order valence-electron chi connectivity index (χ0n) is 15.7. The van der Waals surface area contributed by atoms with Gasteiger partial charge >= 0.3 is 5.97 Å². The number of H-pyrrole nitrogens is 1. The highest BCUT2D eigenvalue weighted by Crippen LogP contribution is 2.16. The Morgan fingerprint density at radius 3 is 2.46 bits per heavy atom. The van der Waals surface area contributed by atoms with Gasteiger partial charge in [-0.2, -0.15) is 0 Å². The third-order valence-electron chi connectivity index (χ3n) is 5.11. The second-order valence-electron chi connectivity index (χ2n) is 6.89. The summed E-state index contributed by atoms with van der Waals surface area (Å²) in [6.45, 7) is 3.81. The quantitative estimate of drug-likeness (QED) is 0.705. The van der Waals surface area contributed by atoms with Gasteiger partial charge in [-0.25, -0.2) is 9.78 Å². The van der Waals surface area contributed by atoms with Crippen molar-refractivity contribution in [1.82, 2.24) is 19.8 Å². The number of amides is 1. The van der Waals surface area contributed by atoms with Crippen molar-refractivity contribution in [1.29, 1.82) is 0 Å². The number of methoxy groups -OCH3 is 1. The Morgan fingerprint density at radius 1 is 1.04 bits per heavy atom. The van der Waals surface area contributed by atoms with Crippen LogP contribution in [0.15, 0.2) is 48.8 Å². The highest BCUT2D eigenvalue weighted by molar-refractivity contribution is 5.97. The number of fused-ring (bicyclic) bond motifs is 1. The molecule has 144 valence electrons. The topological polar surface area (TPSA) is 78.5 Å². The first-order chi connectivity index (χ1) is 13.6. The number of hydrogen-bond donors (Lipinski definition) is 1. The maximum Gasteiger partial charge on any atom is 0.337 e. The van der Waals surface area contributed by atoms with Gasteiger partial charge in [0.25, 0.3) is 5.91 Å². The Hall–Kier alpha value is -3.19. The number of aromatic nitrogens is 2. The van der Waals surface area contributed by atoms with Crippen LogP contribution in [0, 0.1) is 0 Å². The highest BCUT2D eigenvalue weighted by Gasteiger charge is 2.22. The molecule has 4 rings (SSSR count). The molecule has 0 atom stereocenters. The van der Waals surface area contributed by atoms with Crippen molar-refractivity contribution in [3.05, 3.63) is 65.5 Å². The number of rotatable bonds is 4. The van der Waals surface area contributed by atoms with Gasteiger partial charge in [-0.15, -0.1) is 0 Å². The summed E-state index contributed by atoms with van der Waals surface area (Å²) >= 11 is 0. The summed E-state index contributed by atoms with van der Waals surface area (Å²) in [6.07, 6.45) is 1.63. The number of aromatic amines is 1. The van der Waals surface area contributed by atoms with Crippen molar-refractivity contribution in [3.63, 3.8) is 0 Å². The van der Waals surface area contributed by atoms with Crippen LogP contribution < -0.4 is 0 Å². The average Bonchev–Trinajstić information content (AvgIpc) is 3.21. The lowest BCUT2D eigenvalue weighted by Crippen LogP contribution is -2.48. The number of nitrogens with zero attached hydrogens (tertiary/aromatic N) is 3. The van der Waals surface area contributed by atoms with Crippen molar-refractivity contribution in [2.45, 2.75) is 6.54 Å². The van der Waals surface area contributed by atoms with E-state index in [1.54, 1.807) is 18.5 Å². The van der Waals surface area contributed by atoms with E-state index in [2.05, 4.69) is 14.9 Å². The van der Waals surface area contributed by atoms with Gasteiger partial charge in [-0.05, 0) is 35.9 Å². The molecule has 1 saturated heterocycles. The maximum atomic E-state index is 12.8. The van der Waals surface area contributed by atoms with E-state index < -0.39 is 0 Å². The Balaban J connectivity index is 1.33. The predicted octanol–water partition coefficient (Wildman–Crippen LogP) is 2.31. The van der Waals surface area contributed by atoms with Crippen LogP contribution in [0.4, 0.5) is 0 Å². The molecule has 0 bridgehead atoms. The lowest BCUT2D eigenvalue weighted by molar-refractivity contribution is 0.0599. The summed E-state index contributed by atoms with van der Waals surface area (Å²) in [7, 11) is 1.38. The summed E-state index contributed by atoms with van der Waals surface area (Å²) in [4.78, 5) is 35.8. The smallest absolute Gasteiger partial charge is 0.337 e. The van der Waals surface area contributed by atoms with Crippen LogP contribution in [0.2, 0.25) is 0 Å². The Labute approximate surface area is 162 Å². The minimum Gasteiger partial charge on any atom is -0.465 e. The van der Waals surface area contributed by atoms with Crippen LogP contribution in [-0.4, -0.2) is 64.9 Å². The van der Waals surface area contributed by atoms with Gasteiger partial charge < -0.3 is 14.6 Å². The monoisotopic (exact) mass is 378 g/mol. The molecule has 0 radical (unpaired) electrons. The molecule has 0 spiro atoms. The molecule has 0 aliphatic carbocycles. The minimum atomic E-state index is -0.327. The molecule has 1 aliphatic heterocycles. The molecule has 2 aromatic carbocycles. The molecule has 0 unspecified atom stereocenters. The Morgan fingerprint density at radius 2 is 1.75 bits per heavy atom. The van der Waals surface area contributed by atoms with E-state index >= 15 is 0 Å². The molecule has 1 aromatic heterocycles. The minimum absolute atomic E-state index is 0.0481. The van der Waals surface area contributed by atoms with E-state index in [4.69, 9.17) is 4.74 Å². The lowest BCUT2D eigenvalue weighted by Gasteiger charge is -2.34. The van der Waals surface area contributed by atoms with Gasteiger partial charge in [0.15, 0.2) is 0 Å². The van der Waals surface area contributed by atoms with E-state index in [-0.39, 0.29) is 11.9 Å². The molecular formula is C21H22N4O3. The van der Waals surface area contributed by atoms with Gasteiger partial charge in [-0.3, -0.25) is 9.69 Å². The predicted molar refractivity (Wildman–Crippen MR) is 105 cm³/mol. The first-order valence-electron chi connectivity index (χ1n) is 9.26. The van der Waals surface area contributed by atoms with Gasteiger partial charge in [0.05, 0.1) is 30.0 Å². The molecule has 1 N–H and O–H groups in total. The largest absolute Gasteiger partial charge is 0.465 e. The summed E-state index contributed by atoms with van der Waals surface area (Å²) in [6, 6.07) is 13.0. The number of piperazine rings is 1. The Kier molecular flexibility index (Phi) is 5.08. The van der Waals surface area contributed by atoms with E-state index in [9.17, 15) is 9.59 Å². The number of carbonyl (C=O) groups is 2. The number of ether oxygens (including phenoxy) is 1. The summed E-state index contributed by atoms with van der Waals surface area (Å²) in [5, 5.41) is 0. The highest BCUT2D eigenvalue weighted by atomic mass is 16.5. The zero-order valence-corrected chi connectivity index (χ0v) is 15.7. The van der Waals surface area contributed by atoms with Gasteiger partial charge in [0.1, 0.15) is 0 Å². The molecule has 28 heavy (non-hydrogen) atoms. The summed E-state index contributed by atoms with van der Waals surface area (Å²) in [5.74, 6) is -0.279. The fourth-order valence-corrected chi connectivity index (χ4v) is 3.48. The summed E-state index contributed by atoms with van der Waals surface area (Å²) in [5.41, 5.74) is 4.10. The fourth-order valence-electron chi connectivity index (χ4n) is 3.48. The van der Waals surface area contributed by atoms with Crippen molar-refractivity contribution < 1.29 is 14.3 Å². The van der Waals surface area contributed by atoms with Crippen LogP contribution >= 0.6 is 0 Å². The summed E-state index contributed by atoms with van der Waals surface area (Å²) < 4.78 is 4.72. The van der Waals surface area contributed by atoms with E-state index in [1.807, 2.05) is 35.2 Å². The zero-order chi connectivity index (χ0) is 19.5. The van der Waals surface area contributed by atoms with Crippen LogP contribution in [0.1, 0.15) is 26.3 Å². The lowest BCUT2D eigenvalue weighted by atomic mass is 10.1. The molecule has 7 nitrogen and oxygen atoms in total. The SMILES string of the molecule is COC(=O)c1ccc(CN2CCN(C(=O)c3ccc4[nH]cnc4c3)CC2)cc1. The van der Waals surface area contributed by atoms with Crippen LogP contribution in [0.3, 0.4) is 0 Å².